The molecule has 0 aromatic heterocycles. The Balaban J connectivity index is 1.97. The number of para-hydroxylation sites is 1. The topological polar surface area (TPSA) is 90.6 Å². The van der Waals surface area contributed by atoms with E-state index in [1.165, 1.54) is 36.3 Å². The second-order valence-corrected chi connectivity index (χ2v) is 7.08. The van der Waals surface area contributed by atoms with Crippen LogP contribution in [-0.2, 0) is 9.59 Å². The molecule has 7 heteroatoms. The first-order chi connectivity index (χ1) is 15.5. The minimum atomic E-state index is -0.996. The van der Waals surface area contributed by atoms with Crippen molar-refractivity contribution in [2.24, 2.45) is 0 Å². The largest absolute Gasteiger partial charge is 0.507 e. The monoisotopic (exact) mass is 428 g/mol. The van der Waals surface area contributed by atoms with E-state index in [1.54, 1.807) is 36.4 Å². The van der Waals surface area contributed by atoms with Crippen molar-refractivity contribution in [1.29, 1.82) is 5.26 Å². The highest BCUT2D eigenvalue weighted by atomic mass is 19.1. The van der Waals surface area contributed by atoms with Crippen molar-refractivity contribution in [2.75, 3.05) is 12.0 Å². The van der Waals surface area contributed by atoms with E-state index in [9.17, 15) is 19.1 Å². The van der Waals surface area contributed by atoms with Crippen LogP contribution in [0.25, 0.3) is 5.76 Å². The number of aliphatic hydroxyl groups excluding tert-OH is 1. The van der Waals surface area contributed by atoms with Crippen molar-refractivity contribution in [1.82, 2.24) is 0 Å². The third kappa shape index (κ3) is 3.48. The molecule has 1 N–H and O–H groups in total. The predicted molar refractivity (Wildman–Crippen MR) is 115 cm³/mol. The highest BCUT2D eigenvalue weighted by Crippen LogP contribution is 2.44. The quantitative estimate of drug-likeness (QED) is 0.379. The van der Waals surface area contributed by atoms with E-state index in [1.807, 2.05) is 6.07 Å². The summed E-state index contributed by atoms with van der Waals surface area (Å²) in [6, 6.07) is 19.0. The number of hydrogen-bond acceptors (Lipinski definition) is 5. The van der Waals surface area contributed by atoms with E-state index < -0.39 is 29.3 Å². The van der Waals surface area contributed by atoms with Crippen LogP contribution < -0.4 is 9.64 Å². The summed E-state index contributed by atoms with van der Waals surface area (Å²) in [5.74, 6) is -2.22. The number of methoxy groups -OCH3 is 1. The van der Waals surface area contributed by atoms with Gasteiger partial charge in [-0.1, -0.05) is 18.2 Å². The number of carbonyl (C=O) groups is 2. The van der Waals surface area contributed by atoms with Gasteiger partial charge >= 0.3 is 0 Å². The lowest BCUT2D eigenvalue weighted by molar-refractivity contribution is -0.132. The van der Waals surface area contributed by atoms with Gasteiger partial charge in [-0.2, -0.15) is 5.26 Å². The summed E-state index contributed by atoms with van der Waals surface area (Å²) in [4.78, 5) is 27.5. The number of aliphatic hydroxyl groups is 1. The number of hydrogen-bond donors (Lipinski definition) is 1. The molecule has 1 heterocycles. The fourth-order valence-corrected chi connectivity index (χ4v) is 3.75. The molecule has 1 atom stereocenters. The van der Waals surface area contributed by atoms with E-state index in [0.29, 0.717) is 22.6 Å². The Bertz CT molecular complexity index is 1270. The molecule has 1 saturated heterocycles. The van der Waals surface area contributed by atoms with Crippen molar-refractivity contribution >= 4 is 23.1 Å². The molecular weight excluding hydrogens is 411 g/mol. The minimum absolute atomic E-state index is 0.143. The van der Waals surface area contributed by atoms with Gasteiger partial charge in [-0.25, -0.2) is 4.39 Å². The van der Waals surface area contributed by atoms with Crippen LogP contribution in [0.3, 0.4) is 0 Å². The first-order valence-electron chi connectivity index (χ1n) is 9.66. The van der Waals surface area contributed by atoms with E-state index in [2.05, 4.69) is 0 Å². The molecule has 1 unspecified atom stereocenters. The average Bonchev–Trinajstić information content (AvgIpc) is 3.09. The Labute approximate surface area is 183 Å². The molecule has 0 bridgehead atoms. The lowest BCUT2D eigenvalue weighted by Gasteiger charge is -2.26. The molecule has 0 radical (unpaired) electrons. The summed E-state index contributed by atoms with van der Waals surface area (Å²) in [6.07, 6.45) is 0. The van der Waals surface area contributed by atoms with Gasteiger partial charge in [-0.3, -0.25) is 14.5 Å². The van der Waals surface area contributed by atoms with E-state index in [4.69, 9.17) is 10.00 Å². The third-order valence-corrected chi connectivity index (χ3v) is 5.27. The molecule has 1 fully saturated rings. The lowest BCUT2D eigenvalue weighted by atomic mass is 9.94. The lowest BCUT2D eigenvalue weighted by Crippen LogP contribution is -2.29. The Morgan fingerprint density at radius 1 is 1.03 bits per heavy atom. The zero-order valence-electron chi connectivity index (χ0n) is 16.9. The maximum absolute atomic E-state index is 13.4. The number of ether oxygens (including phenoxy) is 1. The molecule has 0 saturated carbocycles. The molecule has 6 nitrogen and oxygen atoms in total. The van der Waals surface area contributed by atoms with Crippen LogP contribution in [0.1, 0.15) is 22.7 Å². The number of halogens is 1. The molecular formula is C25H17FN2O4. The summed E-state index contributed by atoms with van der Waals surface area (Å²) < 4.78 is 18.8. The summed E-state index contributed by atoms with van der Waals surface area (Å²) >= 11 is 0. The molecule has 0 aliphatic carbocycles. The third-order valence-electron chi connectivity index (χ3n) is 5.27. The molecule has 3 aromatic carbocycles. The molecule has 158 valence electrons. The van der Waals surface area contributed by atoms with Gasteiger partial charge in [0.05, 0.1) is 30.4 Å². The number of rotatable bonds is 4. The fraction of sp³-hybridized carbons (Fsp3) is 0.0800. The van der Waals surface area contributed by atoms with Gasteiger partial charge in [0.15, 0.2) is 0 Å². The van der Waals surface area contributed by atoms with Crippen molar-refractivity contribution in [3.63, 3.8) is 0 Å². The van der Waals surface area contributed by atoms with Crippen molar-refractivity contribution in [3.05, 3.63) is 101 Å². The van der Waals surface area contributed by atoms with Crippen LogP contribution in [-0.4, -0.2) is 23.9 Å². The van der Waals surface area contributed by atoms with Crippen molar-refractivity contribution < 1.29 is 23.8 Å². The highest BCUT2D eigenvalue weighted by Gasteiger charge is 2.47. The molecule has 1 aliphatic heterocycles. The smallest absolute Gasteiger partial charge is 0.300 e. The van der Waals surface area contributed by atoms with Crippen LogP contribution >= 0.6 is 0 Å². The second kappa shape index (κ2) is 8.36. The summed E-state index contributed by atoms with van der Waals surface area (Å²) in [6.45, 7) is 0. The van der Waals surface area contributed by atoms with Crippen LogP contribution in [0.4, 0.5) is 10.1 Å². The summed E-state index contributed by atoms with van der Waals surface area (Å²) in [5, 5.41) is 20.1. The summed E-state index contributed by atoms with van der Waals surface area (Å²) in [7, 11) is 1.46. The van der Waals surface area contributed by atoms with Gasteiger partial charge in [-0.15, -0.1) is 0 Å². The maximum atomic E-state index is 13.4. The van der Waals surface area contributed by atoms with Crippen LogP contribution in [0.2, 0.25) is 0 Å². The standard InChI is InChI=1S/C25H17FN2O4/c1-32-20-5-3-2-4-19(20)22-21(23(29)16-8-10-17(26)11-9-16)24(30)25(31)28(22)18-12-6-15(14-27)7-13-18/h2-13,22,29H,1H3/b23-21-. The Morgan fingerprint density at radius 2 is 1.69 bits per heavy atom. The fourth-order valence-electron chi connectivity index (χ4n) is 3.75. The first-order valence-corrected chi connectivity index (χ1v) is 9.66. The number of amides is 1. The Kier molecular flexibility index (Phi) is 5.44. The number of Topliss-reactive ketones (excluding diaryl/α,β-unsaturated/α-hetero) is 1. The molecule has 0 spiro atoms. The molecule has 4 rings (SSSR count). The number of carbonyl (C=O) groups excluding carboxylic acids is 2. The van der Waals surface area contributed by atoms with Crippen LogP contribution in [0.5, 0.6) is 5.75 Å². The van der Waals surface area contributed by atoms with Gasteiger partial charge in [-0.05, 0) is 54.6 Å². The molecule has 3 aromatic rings. The zero-order valence-corrected chi connectivity index (χ0v) is 16.9. The van der Waals surface area contributed by atoms with Gasteiger partial charge < -0.3 is 9.84 Å². The number of anilines is 1. The number of nitrogens with zero attached hydrogens (tertiary/aromatic N) is 2. The first kappa shape index (κ1) is 20.8. The predicted octanol–water partition coefficient (Wildman–Crippen LogP) is 4.33. The second-order valence-electron chi connectivity index (χ2n) is 7.08. The van der Waals surface area contributed by atoms with Crippen LogP contribution in [0, 0.1) is 17.1 Å². The minimum Gasteiger partial charge on any atom is -0.507 e. The molecule has 1 aliphatic rings. The maximum Gasteiger partial charge on any atom is 0.300 e. The molecule has 1 amide bonds. The van der Waals surface area contributed by atoms with Gasteiger partial charge in [0, 0.05) is 16.8 Å². The number of ketones is 1. The van der Waals surface area contributed by atoms with Gasteiger partial charge in [0.1, 0.15) is 17.3 Å². The highest BCUT2D eigenvalue weighted by molar-refractivity contribution is 6.51. The molecule has 32 heavy (non-hydrogen) atoms. The number of benzene rings is 3. The normalized spacial score (nSPS) is 17.3. The Morgan fingerprint density at radius 3 is 2.31 bits per heavy atom. The SMILES string of the molecule is COc1ccccc1C1/C(=C(/O)c2ccc(F)cc2)C(=O)C(=O)N1c1ccc(C#N)cc1. The van der Waals surface area contributed by atoms with Crippen molar-refractivity contribution in [3.8, 4) is 11.8 Å². The Hall–Kier alpha value is -4.44. The van der Waals surface area contributed by atoms with Gasteiger partial charge in [0.2, 0.25) is 0 Å². The van der Waals surface area contributed by atoms with Crippen LogP contribution in [0.15, 0.2) is 78.4 Å². The van der Waals surface area contributed by atoms with E-state index in [0.717, 1.165) is 12.1 Å². The zero-order chi connectivity index (χ0) is 22.8. The average molecular weight is 428 g/mol. The number of nitriles is 1. The van der Waals surface area contributed by atoms with E-state index in [-0.39, 0.29) is 11.1 Å². The van der Waals surface area contributed by atoms with Gasteiger partial charge in [0.25, 0.3) is 11.7 Å². The van der Waals surface area contributed by atoms with E-state index >= 15 is 0 Å². The summed E-state index contributed by atoms with van der Waals surface area (Å²) in [5.41, 5.74) is 1.31. The van der Waals surface area contributed by atoms with Crippen molar-refractivity contribution in [2.45, 2.75) is 6.04 Å².